The first kappa shape index (κ1) is 17.5. The lowest BCUT2D eigenvalue weighted by Crippen LogP contribution is -2.37. The van der Waals surface area contributed by atoms with Gasteiger partial charge in [-0.15, -0.1) is 0 Å². The minimum atomic E-state index is 0.136. The van der Waals surface area contributed by atoms with Gasteiger partial charge in [-0.05, 0) is 61.9 Å². The number of benzene rings is 1. The van der Waals surface area contributed by atoms with Gasteiger partial charge in [0.15, 0.2) is 0 Å². The minimum absolute atomic E-state index is 0.136. The summed E-state index contributed by atoms with van der Waals surface area (Å²) >= 11 is 0. The maximum Gasteiger partial charge on any atom is 0.253 e. The highest BCUT2D eigenvalue weighted by atomic mass is 16.5. The van der Waals surface area contributed by atoms with Gasteiger partial charge in [-0.3, -0.25) is 9.78 Å². The van der Waals surface area contributed by atoms with Crippen molar-refractivity contribution < 1.29 is 9.53 Å². The molecule has 3 rings (SSSR count). The number of aromatic nitrogens is 1. The summed E-state index contributed by atoms with van der Waals surface area (Å²) in [6.45, 7) is 8.45. The fraction of sp³-hybridized carbons (Fsp3) is 0.429. The maximum atomic E-state index is 12.8. The van der Waals surface area contributed by atoms with Gasteiger partial charge >= 0.3 is 0 Å². The molecule has 0 aliphatic carbocycles. The highest BCUT2D eigenvalue weighted by Gasteiger charge is 2.22. The van der Waals surface area contributed by atoms with Gasteiger partial charge in [-0.25, -0.2) is 0 Å². The van der Waals surface area contributed by atoms with Gasteiger partial charge in [0, 0.05) is 36.6 Å². The third kappa shape index (κ3) is 4.19. The van der Waals surface area contributed by atoms with Crippen molar-refractivity contribution in [1.29, 1.82) is 0 Å². The van der Waals surface area contributed by atoms with Crippen molar-refractivity contribution in [3.63, 3.8) is 0 Å². The summed E-state index contributed by atoms with van der Waals surface area (Å²) < 4.78 is 5.98. The van der Waals surface area contributed by atoms with Gasteiger partial charge in [0.05, 0.1) is 0 Å². The number of likely N-dealkylation sites (tertiary alicyclic amines) is 1. The molecule has 1 saturated heterocycles. The molecular formula is C21H26N2O2. The number of amides is 1. The van der Waals surface area contributed by atoms with E-state index in [0.717, 1.165) is 59.9 Å². The third-order valence-electron chi connectivity index (χ3n) is 4.88. The SMILES string of the molecule is Cc1cc(C(=O)N2CCC(C)CC2)cc(C)c1OCc1cccnc1. The Balaban J connectivity index is 1.72. The first-order valence-electron chi connectivity index (χ1n) is 8.97. The van der Waals surface area contributed by atoms with E-state index in [-0.39, 0.29) is 5.91 Å². The molecule has 4 nitrogen and oxygen atoms in total. The Labute approximate surface area is 149 Å². The van der Waals surface area contributed by atoms with E-state index in [1.165, 1.54) is 0 Å². The van der Waals surface area contributed by atoms with Gasteiger partial charge < -0.3 is 9.64 Å². The van der Waals surface area contributed by atoms with Gasteiger partial charge in [-0.2, -0.15) is 0 Å². The van der Waals surface area contributed by atoms with E-state index in [1.807, 2.05) is 43.0 Å². The number of pyridine rings is 1. The molecule has 1 fully saturated rings. The molecular weight excluding hydrogens is 312 g/mol. The summed E-state index contributed by atoms with van der Waals surface area (Å²) in [5.41, 5.74) is 3.79. The smallest absolute Gasteiger partial charge is 0.253 e. The average molecular weight is 338 g/mol. The number of carbonyl (C=O) groups excluding carboxylic acids is 1. The van der Waals surface area contributed by atoms with E-state index < -0.39 is 0 Å². The summed E-state index contributed by atoms with van der Waals surface area (Å²) in [5.74, 6) is 1.71. The Morgan fingerprint density at radius 3 is 2.52 bits per heavy atom. The summed E-state index contributed by atoms with van der Waals surface area (Å²) in [6, 6.07) is 7.80. The molecule has 1 aliphatic rings. The van der Waals surface area contributed by atoms with Crippen LogP contribution >= 0.6 is 0 Å². The quantitative estimate of drug-likeness (QED) is 0.841. The largest absolute Gasteiger partial charge is 0.488 e. The summed E-state index contributed by atoms with van der Waals surface area (Å²) in [6.07, 6.45) is 5.74. The number of carbonyl (C=O) groups is 1. The number of ether oxygens (including phenoxy) is 1. The number of aryl methyl sites for hydroxylation is 2. The predicted molar refractivity (Wildman–Crippen MR) is 98.8 cm³/mol. The second-order valence-electron chi connectivity index (χ2n) is 7.06. The fourth-order valence-corrected chi connectivity index (χ4v) is 3.33. The van der Waals surface area contributed by atoms with Crippen LogP contribution in [0.3, 0.4) is 0 Å². The van der Waals surface area contributed by atoms with E-state index in [9.17, 15) is 4.79 Å². The maximum absolute atomic E-state index is 12.8. The third-order valence-corrected chi connectivity index (χ3v) is 4.88. The van der Waals surface area contributed by atoms with Crippen LogP contribution in [0.5, 0.6) is 5.75 Å². The standard InChI is InChI=1S/C21H26N2O2/c1-15-6-9-23(10-7-15)21(24)19-11-16(2)20(17(3)12-19)25-14-18-5-4-8-22-13-18/h4-5,8,11-13,15H,6-7,9-10,14H2,1-3H3. The Morgan fingerprint density at radius 2 is 1.92 bits per heavy atom. The Morgan fingerprint density at radius 1 is 1.24 bits per heavy atom. The van der Waals surface area contributed by atoms with Crippen molar-refractivity contribution in [2.24, 2.45) is 5.92 Å². The average Bonchev–Trinajstić information content (AvgIpc) is 2.62. The molecule has 2 aromatic rings. The Bertz CT molecular complexity index is 712. The van der Waals surface area contributed by atoms with Crippen LogP contribution in [-0.4, -0.2) is 28.9 Å². The lowest BCUT2D eigenvalue weighted by Gasteiger charge is -2.30. The molecule has 0 saturated carbocycles. The minimum Gasteiger partial charge on any atom is -0.488 e. The van der Waals surface area contributed by atoms with Crippen molar-refractivity contribution in [2.75, 3.05) is 13.1 Å². The van der Waals surface area contributed by atoms with Crippen LogP contribution in [-0.2, 0) is 6.61 Å². The monoisotopic (exact) mass is 338 g/mol. The molecule has 1 aliphatic heterocycles. The highest BCUT2D eigenvalue weighted by Crippen LogP contribution is 2.27. The van der Waals surface area contributed by atoms with Gasteiger partial charge in [0.25, 0.3) is 5.91 Å². The lowest BCUT2D eigenvalue weighted by atomic mass is 9.98. The fourth-order valence-electron chi connectivity index (χ4n) is 3.33. The van der Waals surface area contributed by atoms with Gasteiger partial charge in [0.2, 0.25) is 0 Å². The molecule has 1 amide bonds. The summed E-state index contributed by atoms with van der Waals surface area (Å²) in [4.78, 5) is 18.9. The number of nitrogens with zero attached hydrogens (tertiary/aromatic N) is 2. The molecule has 1 aromatic carbocycles. The van der Waals surface area contributed by atoms with Crippen LogP contribution in [0, 0.1) is 19.8 Å². The molecule has 0 spiro atoms. The molecule has 0 bridgehead atoms. The second kappa shape index (κ2) is 7.68. The van der Waals surface area contributed by atoms with Crippen LogP contribution in [0.15, 0.2) is 36.7 Å². The highest BCUT2D eigenvalue weighted by molar-refractivity contribution is 5.95. The van der Waals surface area contributed by atoms with Crippen molar-refractivity contribution in [3.05, 3.63) is 58.9 Å². The number of rotatable bonds is 4. The van der Waals surface area contributed by atoms with Crippen molar-refractivity contribution >= 4 is 5.91 Å². The molecule has 0 N–H and O–H groups in total. The molecule has 4 heteroatoms. The van der Waals surface area contributed by atoms with Crippen LogP contribution in [0.25, 0.3) is 0 Å². The molecule has 1 aromatic heterocycles. The molecule has 25 heavy (non-hydrogen) atoms. The number of piperidine rings is 1. The Hall–Kier alpha value is -2.36. The molecule has 2 heterocycles. The Kier molecular flexibility index (Phi) is 5.37. The van der Waals surface area contributed by atoms with E-state index in [4.69, 9.17) is 4.74 Å². The van der Waals surface area contributed by atoms with E-state index in [2.05, 4.69) is 11.9 Å². The second-order valence-corrected chi connectivity index (χ2v) is 7.06. The van der Waals surface area contributed by atoms with Crippen LogP contribution < -0.4 is 4.74 Å². The summed E-state index contributed by atoms with van der Waals surface area (Å²) in [5, 5.41) is 0. The van der Waals surface area contributed by atoms with Gasteiger partial charge in [-0.1, -0.05) is 13.0 Å². The number of hydrogen-bond donors (Lipinski definition) is 0. The first-order chi connectivity index (χ1) is 12.0. The van der Waals surface area contributed by atoms with Crippen LogP contribution in [0.1, 0.15) is 46.8 Å². The lowest BCUT2D eigenvalue weighted by molar-refractivity contribution is 0.0697. The molecule has 0 radical (unpaired) electrons. The van der Waals surface area contributed by atoms with E-state index in [1.54, 1.807) is 12.4 Å². The first-order valence-corrected chi connectivity index (χ1v) is 8.97. The van der Waals surface area contributed by atoms with E-state index in [0.29, 0.717) is 6.61 Å². The molecule has 0 unspecified atom stereocenters. The summed E-state index contributed by atoms with van der Waals surface area (Å²) in [7, 11) is 0. The normalized spacial score (nSPS) is 15.2. The molecule has 0 atom stereocenters. The predicted octanol–water partition coefficient (Wildman–Crippen LogP) is 4.15. The van der Waals surface area contributed by atoms with Gasteiger partial charge in [0.1, 0.15) is 12.4 Å². The molecule has 132 valence electrons. The van der Waals surface area contributed by atoms with E-state index >= 15 is 0 Å². The topological polar surface area (TPSA) is 42.4 Å². The van der Waals surface area contributed by atoms with Crippen LogP contribution in [0.2, 0.25) is 0 Å². The van der Waals surface area contributed by atoms with Crippen LogP contribution in [0.4, 0.5) is 0 Å². The zero-order valence-corrected chi connectivity index (χ0v) is 15.3. The number of hydrogen-bond acceptors (Lipinski definition) is 3. The zero-order chi connectivity index (χ0) is 17.8. The van der Waals surface area contributed by atoms with Crippen molar-refractivity contribution in [2.45, 2.75) is 40.2 Å². The zero-order valence-electron chi connectivity index (χ0n) is 15.3. The van der Waals surface area contributed by atoms with Crippen molar-refractivity contribution in [3.8, 4) is 5.75 Å². The van der Waals surface area contributed by atoms with Crippen molar-refractivity contribution in [1.82, 2.24) is 9.88 Å².